The van der Waals surface area contributed by atoms with Gasteiger partial charge in [-0.25, -0.2) is 0 Å². The SMILES string of the molecule is CCSC(=O)CC(C)c1ccc(C)cc1. The van der Waals surface area contributed by atoms with Crippen molar-refractivity contribution in [2.75, 3.05) is 5.75 Å². The largest absolute Gasteiger partial charge is 0.287 e. The van der Waals surface area contributed by atoms with Gasteiger partial charge in [0.25, 0.3) is 0 Å². The van der Waals surface area contributed by atoms with Crippen LogP contribution < -0.4 is 0 Å². The van der Waals surface area contributed by atoms with Crippen molar-refractivity contribution < 1.29 is 4.79 Å². The summed E-state index contributed by atoms with van der Waals surface area (Å²) >= 11 is 1.42. The van der Waals surface area contributed by atoms with Gasteiger partial charge in [0, 0.05) is 6.42 Å². The van der Waals surface area contributed by atoms with Crippen molar-refractivity contribution in [2.45, 2.75) is 33.1 Å². The lowest BCUT2D eigenvalue weighted by molar-refractivity contribution is -0.111. The lowest BCUT2D eigenvalue weighted by Gasteiger charge is -2.10. The van der Waals surface area contributed by atoms with Gasteiger partial charge in [0.05, 0.1) is 0 Å². The summed E-state index contributed by atoms with van der Waals surface area (Å²) in [7, 11) is 0. The van der Waals surface area contributed by atoms with Crippen molar-refractivity contribution in [3.63, 3.8) is 0 Å². The van der Waals surface area contributed by atoms with Gasteiger partial charge in [0.15, 0.2) is 5.12 Å². The molecule has 0 saturated carbocycles. The van der Waals surface area contributed by atoms with Crippen molar-refractivity contribution in [1.29, 1.82) is 0 Å². The summed E-state index contributed by atoms with van der Waals surface area (Å²) < 4.78 is 0. The Morgan fingerprint density at radius 1 is 1.33 bits per heavy atom. The zero-order valence-corrected chi connectivity index (χ0v) is 10.4. The van der Waals surface area contributed by atoms with E-state index in [2.05, 4.69) is 38.1 Å². The van der Waals surface area contributed by atoms with Crippen LogP contribution in [0.3, 0.4) is 0 Å². The number of rotatable bonds is 4. The van der Waals surface area contributed by atoms with E-state index < -0.39 is 0 Å². The molecule has 0 aliphatic rings. The molecule has 0 N–H and O–H groups in total. The Labute approximate surface area is 96.3 Å². The fourth-order valence-corrected chi connectivity index (χ4v) is 2.17. The Balaban J connectivity index is 2.57. The van der Waals surface area contributed by atoms with Crippen LogP contribution in [0.15, 0.2) is 24.3 Å². The fourth-order valence-electron chi connectivity index (χ4n) is 1.48. The van der Waals surface area contributed by atoms with Crippen molar-refractivity contribution in [2.24, 2.45) is 0 Å². The van der Waals surface area contributed by atoms with Gasteiger partial charge in [0.1, 0.15) is 0 Å². The van der Waals surface area contributed by atoms with Crippen LogP contribution >= 0.6 is 11.8 Å². The number of carbonyl (C=O) groups is 1. The molecule has 0 spiro atoms. The molecular weight excluding hydrogens is 204 g/mol. The third-order valence-corrected chi connectivity index (χ3v) is 3.20. The van der Waals surface area contributed by atoms with Gasteiger partial charge in [-0.2, -0.15) is 0 Å². The van der Waals surface area contributed by atoms with Crippen LogP contribution in [-0.4, -0.2) is 10.9 Å². The average Bonchev–Trinajstić information content (AvgIpc) is 2.18. The lowest BCUT2D eigenvalue weighted by atomic mass is 9.98. The smallest absolute Gasteiger partial charge is 0.189 e. The van der Waals surface area contributed by atoms with E-state index in [9.17, 15) is 4.79 Å². The second kappa shape index (κ2) is 5.96. The van der Waals surface area contributed by atoms with Crippen molar-refractivity contribution in [3.05, 3.63) is 35.4 Å². The standard InChI is InChI=1S/C13H18OS/c1-4-15-13(14)9-11(3)12-7-5-10(2)6-8-12/h5-8,11H,4,9H2,1-3H3. The molecule has 1 unspecified atom stereocenters. The monoisotopic (exact) mass is 222 g/mol. The molecule has 0 bridgehead atoms. The number of hydrogen-bond donors (Lipinski definition) is 0. The minimum absolute atomic E-state index is 0.297. The summed E-state index contributed by atoms with van der Waals surface area (Å²) in [5.74, 6) is 1.21. The number of aryl methyl sites for hydroxylation is 1. The van der Waals surface area contributed by atoms with Gasteiger partial charge >= 0.3 is 0 Å². The van der Waals surface area contributed by atoms with Crippen LogP contribution in [-0.2, 0) is 4.79 Å². The quantitative estimate of drug-likeness (QED) is 0.771. The molecule has 0 aromatic heterocycles. The first-order valence-electron chi connectivity index (χ1n) is 5.35. The fraction of sp³-hybridized carbons (Fsp3) is 0.462. The molecular formula is C13H18OS. The summed E-state index contributed by atoms with van der Waals surface area (Å²) in [6, 6.07) is 8.43. The average molecular weight is 222 g/mol. The molecule has 1 aromatic carbocycles. The highest BCUT2D eigenvalue weighted by Crippen LogP contribution is 2.22. The molecule has 2 heteroatoms. The topological polar surface area (TPSA) is 17.1 Å². The maximum Gasteiger partial charge on any atom is 0.189 e. The van der Waals surface area contributed by atoms with Crippen molar-refractivity contribution in [3.8, 4) is 0 Å². The molecule has 0 fully saturated rings. The lowest BCUT2D eigenvalue weighted by Crippen LogP contribution is -2.01. The highest BCUT2D eigenvalue weighted by atomic mass is 32.2. The number of carbonyl (C=O) groups excluding carboxylic acids is 1. The Kier molecular flexibility index (Phi) is 4.89. The Morgan fingerprint density at radius 2 is 1.93 bits per heavy atom. The zero-order valence-electron chi connectivity index (χ0n) is 9.62. The Hall–Kier alpha value is -0.760. The van der Waals surface area contributed by atoms with Gasteiger partial charge in [-0.15, -0.1) is 0 Å². The van der Waals surface area contributed by atoms with E-state index in [0.717, 1.165) is 5.75 Å². The van der Waals surface area contributed by atoms with E-state index in [-0.39, 0.29) is 0 Å². The minimum Gasteiger partial charge on any atom is -0.287 e. The second-order valence-corrected chi connectivity index (χ2v) is 5.14. The van der Waals surface area contributed by atoms with Crippen molar-refractivity contribution in [1.82, 2.24) is 0 Å². The molecule has 1 atom stereocenters. The summed E-state index contributed by atoms with van der Waals surface area (Å²) in [5.41, 5.74) is 2.52. The highest BCUT2D eigenvalue weighted by Gasteiger charge is 2.10. The minimum atomic E-state index is 0.297. The maximum atomic E-state index is 11.5. The molecule has 0 aliphatic carbocycles. The van der Waals surface area contributed by atoms with E-state index >= 15 is 0 Å². The molecule has 0 saturated heterocycles. The van der Waals surface area contributed by atoms with Gasteiger partial charge in [-0.3, -0.25) is 4.79 Å². The van der Waals surface area contributed by atoms with Crippen LogP contribution in [0.4, 0.5) is 0 Å². The normalized spacial score (nSPS) is 12.5. The molecule has 0 amide bonds. The third kappa shape index (κ3) is 4.08. The molecule has 1 nitrogen and oxygen atoms in total. The Bertz CT molecular complexity index is 316. The van der Waals surface area contributed by atoms with Gasteiger partial charge in [0.2, 0.25) is 0 Å². The van der Waals surface area contributed by atoms with Crippen LogP contribution in [0.5, 0.6) is 0 Å². The summed E-state index contributed by atoms with van der Waals surface area (Å²) in [5, 5.41) is 0.297. The first-order chi connectivity index (χ1) is 7.13. The van der Waals surface area contributed by atoms with Crippen LogP contribution in [0.2, 0.25) is 0 Å². The van der Waals surface area contributed by atoms with Crippen LogP contribution in [0.25, 0.3) is 0 Å². The third-order valence-electron chi connectivity index (χ3n) is 2.42. The van der Waals surface area contributed by atoms with E-state index in [1.165, 1.54) is 22.9 Å². The molecule has 15 heavy (non-hydrogen) atoms. The van der Waals surface area contributed by atoms with E-state index in [0.29, 0.717) is 17.5 Å². The van der Waals surface area contributed by atoms with Gasteiger partial charge in [-0.05, 0) is 24.2 Å². The zero-order chi connectivity index (χ0) is 11.3. The van der Waals surface area contributed by atoms with Crippen LogP contribution in [0.1, 0.15) is 37.3 Å². The molecule has 0 heterocycles. The maximum absolute atomic E-state index is 11.5. The number of thioether (sulfide) groups is 1. The van der Waals surface area contributed by atoms with E-state index in [1.807, 2.05) is 6.92 Å². The molecule has 82 valence electrons. The molecule has 1 aromatic rings. The molecule has 0 aliphatic heterocycles. The first-order valence-corrected chi connectivity index (χ1v) is 6.34. The van der Waals surface area contributed by atoms with Crippen molar-refractivity contribution >= 4 is 16.9 Å². The summed E-state index contributed by atoms with van der Waals surface area (Å²) in [6.45, 7) is 6.20. The molecule has 0 radical (unpaired) electrons. The molecule has 1 rings (SSSR count). The summed E-state index contributed by atoms with van der Waals surface area (Å²) in [6.07, 6.45) is 0.640. The van der Waals surface area contributed by atoms with Gasteiger partial charge in [-0.1, -0.05) is 55.4 Å². The second-order valence-electron chi connectivity index (χ2n) is 3.82. The number of benzene rings is 1. The van der Waals surface area contributed by atoms with E-state index in [1.54, 1.807) is 0 Å². The first kappa shape index (κ1) is 12.3. The predicted molar refractivity (Wildman–Crippen MR) is 67.4 cm³/mol. The van der Waals surface area contributed by atoms with Gasteiger partial charge < -0.3 is 0 Å². The van der Waals surface area contributed by atoms with Crippen LogP contribution in [0, 0.1) is 6.92 Å². The number of hydrogen-bond acceptors (Lipinski definition) is 2. The predicted octanol–water partition coefficient (Wildman–Crippen LogP) is 3.77. The Morgan fingerprint density at radius 3 is 2.47 bits per heavy atom. The van der Waals surface area contributed by atoms with E-state index in [4.69, 9.17) is 0 Å². The highest BCUT2D eigenvalue weighted by molar-refractivity contribution is 8.13. The summed E-state index contributed by atoms with van der Waals surface area (Å²) in [4.78, 5) is 11.5.